The van der Waals surface area contributed by atoms with Crippen LogP contribution in [0.25, 0.3) is 0 Å². The molecule has 3 N–H and O–H groups in total. The molecule has 0 saturated carbocycles. The van der Waals surface area contributed by atoms with Crippen molar-refractivity contribution < 1.29 is 4.79 Å². The molecule has 2 unspecified atom stereocenters. The van der Waals surface area contributed by atoms with E-state index in [0.717, 1.165) is 24.5 Å². The van der Waals surface area contributed by atoms with E-state index in [9.17, 15) is 4.79 Å². The van der Waals surface area contributed by atoms with Gasteiger partial charge in [-0.1, -0.05) is 49.4 Å². The van der Waals surface area contributed by atoms with E-state index in [1.54, 1.807) is 0 Å². The minimum atomic E-state index is -0.0314. The fourth-order valence-corrected chi connectivity index (χ4v) is 2.69. The van der Waals surface area contributed by atoms with Crippen LogP contribution >= 0.6 is 0 Å². The highest BCUT2D eigenvalue weighted by molar-refractivity contribution is 5.94. The van der Waals surface area contributed by atoms with E-state index >= 15 is 0 Å². The van der Waals surface area contributed by atoms with E-state index in [2.05, 4.69) is 53.8 Å². The molecule has 0 saturated heterocycles. The molecule has 2 aromatic rings. The summed E-state index contributed by atoms with van der Waals surface area (Å²) >= 11 is 0. The summed E-state index contributed by atoms with van der Waals surface area (Å²) in [7, 11) is 0. The number of hydrogen-bond acceptors (Lipinski definition) is 2. The predicted molar refractivity (Wildman–Crippen MR) is 116 cm³/mol. The van der Waals surface area contributed by atoms with E-state index in [1.807, 2.05) is 49.4 Å². The maximum Gasteiger partial charge on any atom is 0.251 e. The molecule has 0 spiro atoms. The van der Waals surface area contributed by atoms with Crippen molar-refractivity contribution in [2.24, 2.45) is 4.99 Å². The summed E-state index contributed by atoms with van der Waals surface area (Å²) in [6, 6.07) is 18.3. The van der Waals surface area contributed by atoms with Gasteiger partial charge in [0.2, 0.25) is 0 Å². The van der Waals surface area contributed by atoms with Crippen LogP contribution in [-0.2, 0) is 6.54 Å². The zero-order valence-electron chi connectivity index (χ0n) is 17.3. The summed E-state index contributed by atoms with van der Waals surface area (Å²) in [5.41, 5.74) is 2.95. The number of guanidine groups is 1. The molecule has 150 valence electrons. The molecule has 5 nitrogen and oxygen atoms in total. The number of hydrogen-bond donors (Lipinski definition) is 3. The quantitative estimate of drug-likeness (QED) is 0.478. The van der Waals surface area contributed by atoms with E-state index in [0.29, 0.717) is 12.1 Å². The second kappa shape index (κ2) is 11.1. The molecule has 0 aromatic heterocycles. The average Bonchev–Trinajstić information content (AvgIpc) is 2.73. The SMILES string of the molecule is CCNC(=NCc1ccc(C(=O)NC(C)CC)cc1)NC(C)c1ccccc1. The van der Waals surface area contributed by atoms with Crippen molar-refractivity contribution in [1.29, 1.82) is 0 Å². The Bertz CT molecular complexity index is 756. The maximum absolute atomic E-state index is 12.2. The smallest absolute Gasteiger partial charge is 0.251 e. The molecule has 0 aliphatic heterocycles. The zero-order chi connectivity index (χ0) is 20.4. The molecular weight excluding hydrogens is 348 g/mol. The largest absolute Gasteiger partial charge is 0.357 e. The van der Waals surface area contributed by atoms with Crippen molar-refractivity contribution in [2.45, 2.75) is 52.7 Å². The van der Waals surface area contributed by atoms with Crippen molar-refractivity contribution in [3.05, 3.63) is 71.3 Å². The fraction of sp³-hybridized carbons (Fsp3) is 0.391. The van der Waals surface area contributed by atoms with Gasteiger partial charge in [0, 0.05) is 18.2 Å². The molecule has 28 heavy (non-hydrogen) atoms. The number of carbonyl (C=O) groups excluding carboxylic acids is 1. The topological polar surface area (TPSA) is 65.5 Å². The van der Waals surface area contributed by atoms with Crippen LogP contribution < -0.4 is 16.0 Å². The molecular formula is C23H32N4O. The number of benzene rings is 2. The van der Waals surface area contributed by atoms with Crippen molar-refractivity contribution in [2.75, 3.05) is 6.54 Å². The van der Waals surface area contributed by atoms with Crippen LogP contribution in [-0.4, -0.2) is 24.5 Å². The van der Waals surface area contributed by atoms with Gasteiger partial charge in [0.05, 0.1) is 12.6 Å². The van der Waals surface area contributed by atoms with Crippen molar-refractivity contribution in [3.8, 4) is 0 Å². The molecule has 0 bridgehead atoms. The second-order valence-corrected chi connectivity index (χ2v) is 6.95. The predicted octanol–water partition coefficient (Wildman–Crippen LogP) is 4.03. The second-order valence-electron chi connectivity index (χ2n) is 6.95. The molecule has 2 rings (SSSR count). The van der Waals surface area contributed by atoms with E-state index < -0.39 is 0 Å². The fourth-order valence-electron chi connectivity index (χ4n) is 2.69. The van der Waals surface area contributed by atoms with Gasteiger partial charge in [-0.05, 0) is 50.5 Å². The van der Waals surface area contributed by atoms with E-state index in [1.165, 1.54) is 5.56 Å². The minimum absolute atomic E-state index is 0.0314. The number of carbonyl (C=O) groups is 1. The minimum Gasteiger partial charge on any atom is -0.357 e. The van der Waals surface area contributed by atoms with Gasteiger partial charge in [0.15, 0.2) is 5.96 Å². The highest BCUT2D eigenvalue weighted by Gasteiger charge is 2.09. The van der Waals surface area contributed by atoms with Gasteiger partial charge in [-0.25, -0.2) is 4.99 Å². The van der Waals surface area contributed by atoms with Gasteiger partial charge in [0.1, 0.15) is 0 Å². The molecule has 0 fully saturated rings. The summed E-state index contributed by atoms with van der Waals surface area (Å²) in [6.07, 6.45) is 0.917. The molecule has 0 aliphatic carbocycles. The Morgan fingerprint density at radius 2 is 1.64 bits per heavy atom. The molecule has 5 heteroatoms. The van der Waals surface area contributed by atoms with Gasteiger partial charge in [-0.2, -0.15) is 0 Å². The first-order chi connectivity index (χ1) is 13.5. The standard InChI is InChI=1S/C23H32N4O/c1-5-17(3)26-22(28)21-14-12-19(13-15-21)16-25-23(24-6-2)27-18(4)20-10-8-7-9-11-20/h7-15,17-18H,5-6,16H2,1-4H3,(H,26,28)(H2,24,25,27). The van der Waals surface area contributed by atoms with Crippen LogP contribution in [0.4, 0.5) is 0 Å². The summed E-state index contributed by atoms with van der Waals surface area (Å²) in [4.78, 5) is 16.9. The lowest BCUT2D eigenvalue weighted by molar-refractivity contribution is 0.0939. The lowest BCUT2D eigenvalue weighted by Crippen LogP contribution is -2.38. The Morgan fingerprint density at radius 1 is 0.964 bits per heavy atom. The number of nitrogens with zero attached hydrogens (tertiary/aromatic N) is 1. The summed E-state index contributed by atoms with van der Waals surface area (Å²) in [5.74, 6) is 0.744. The Labute approximate surface area is 168 Å². The highest BCUT2D eigenvalue weighted by atomic mass is 16.1. The molecule has 0 heterocycles. The molecule has 2 aromatic carbocycles. The van der Waals surface area contributed by atoms with Crippen molar-refractivity contribution >= 4 is 11.9 Å². The third kappa shape index (κ3) is 6.72. The van der Waals surface area contributed by atoms with Gasteiger partial charge >= 0.3 is 0 Å². The number of amides is 1. The van der Waals surface area contributed by atoms with E-state index in [4.69, 9.17) is 0 Å². The molecule has 0 aliphatic rings. The normalized spacial score (nSPS) is 13.5. The first-order valence-electron chi connectivity index (χ1n) is 10.0. The van der Waals surface area contributed by atoms with Gasteiger partial charge in [-0.15, -0.1) is 0 Å². The lowest BCUT2D eigenvalue weighted by atomic mass is 10.1. The van der Waals surface area contributed by atoms with Gasteiger partial charge < -0.3 is 16.0 Å². The Hall–Kier alpha value is -2.82. The summed E-state index contributed by atoms with van der Waals surface area (Å²) in [6.45, 7) is 9.57. The average molecular weight is 381 g/mol. The van der Waals surface area contributed by atoms with E-state index in [-0.39, 0.29) is 18.0 Å². The first kappa shape index (κ1) is 21.5. The summed E-state index contributed by atoms with van der Waals surface area (Å²) in [5, 5.41) is 9.71. The Morgan fingerprint density at radius 3 is 2.25 bits per heavy atom. The van der Waals surface area contributed by atoms with Crippen molar-refractivity contribution in [3.63, 3.8) is 0 Å². The van der Waals surface area contributed by atoms with Crippen LogP contribution in [0.5, 0.6) is 0 Å². The summed E-state index contributed by atoms with van der Waals surface area (Å²) < 4.78 is 0. The monoisotopic (exact) mass is 380 g/mol. The highest BCUT2D eigenvalue weighted by Crippen LogP contribution is 2.11. The zero-order valence-corrected chi connectivity index (χ0v) is 17.3. The van der Waals surface area contributed by atoms with Crippen LogP contribution in [0.15, 0.2) is 59.6 Å². The number of aliphatic imine (C=N–C) groups is 1. The van der Waals surface area contributed by atoms with Crippen LogP contribution in [0.3, 0.4) is 0 Å². The van der Waals surface area contributed by atoms with Gasteiger partial charge in [0.25, 0.3) is 5.91 Å². The Balaban J connectivity index is 1.99. The maximum atomic E-state index is 12.2. The first-order valence-corrected chi connectivity index (χ1v) is 10.0. The third-order valence-electron chi connectivity index (χ3n) is 4.62. The van der Waals surface area contributed by atoms with Gasteiger partial charge in [-0.3, -0.25) is 4.79 Å². The van der Waals surface area contributed by atoms with Crippen LogP contribution in [0.2, 0.25) is 0 Å². The van der Waals surface area contributed by atoms with Crippen LogP contribution in [0, 0.1) is 0 Å². The molecule has 0 radical (unpaired) electrons. The van der Waals surface area contributed by atoms with Crippen LogP contribution in [0.1, 0.15) is 61.6 Å². The van der Waals surface area contributed by atoms with Crippen molar-refractivity contribution in [1.82, 2.24) is 16.0 Å². The number of nitrogens with one attached hydrogen (secondary N) is 3. The molecule has 2 atom stereocenters. The lowest BCUT2D eigenvalue weighted by Gasteiger charge is -2.18. The Kier molecular flexibility index (Phi) is 8.53. The third-order valence-corrected chi connectivity index (χ3v) is 4.62. The number of rotatable bonds is 8. The molecule has 1 amide bonds.